The quantitative estimate of drug-likeness (QED) is 0.543. The van der Waals surface area contributed by atoms with Crippen LogP contribution in [-0.2, 0) is 0 Å². The molecule has 0 aliphatic heterocycles. The monoisotopic (exact) mass is 175 g/mol. The highest BCUT2D eigenvalue weighted by Gasteiger charge is 2.28. The van der Waals surface area contributed by atoms with E-state index < -0.39 is 8.56 Å². The van der Waals surface area contributed by atoms with Crippen molar-refractivity contribution in [1.29, 1.82) is 0 Å². The largest absolute Gasteiger partial charge is 0.316 e. The Kier molecular flexibility index (Phi) is 3.70. The van der Waals surface area contributed by atoms with E-state index in [0.717, 1.165) is 0 Å². The van der Waals surface area contributed by atoms with E-state index in [-0.39, 0.29) is 5.54 Å². The average Bonchev–Trinajstić information content (AvgIpc) is 1.84. The van der Waals surface area contributed by atoms with E-state index in [1.165, 1.54) is 0 Å². The molecular weight excluding hydrogens is 154 g/mol. The summed E-state index contributed by atoms with van der Waals surface area (Å²) in [6.45, 7) is 8.73. The van der Waals surface area contributed by atoms with Gasteiger partial charge in [-0.25, -0.2) is 0 Å². The predicted octanol–water partition coefficient (Wildman–Crippen LogP) is 0.382. The van der Waals surface area contributed by atoms with Gasteiger partial charge in [0.05, 0.1) is 0 Å². The Balaban J connectivity index is 4.08. The molecule has 0 aromatic rings. The zero-order valence-corrected chi connectivity index (χ0v) is 9.50. The summed E-state index contributed by atoms with van der Waals surface area (Å²) in [5.41, 5.74) is 0.174. The van der Waals surface area contributed by atoms with Crippen molar-refractivity contribution >= 4 is 8.56 Å². The van der Waals surface area contributed by atoms with Crippen LogP contribution in [0.2, 0.25) is 6.55 Å². The molecular formula is C7H21N3Si. The van der Waals surface area contributed by atoms with Crippen LogP contribution in [0.4, 0.5) is 0 Å². The Hall–Kier alpha value is 0.0969. The molecule has 3 nitrogen and oxygen atoms in total. The molecule has 0 atom stereocenters. The van der Waals surface area contributed by atoms with Gasteiger partial charge in [-0.2, -0.15) is 0 Å². The van der Waals surface area contributed by atoms with Crippen LogP contribution in [-0.4, -0.2) is 28.2 Å². The first kappa shape index (κ1) is 11.1. The first-order valence-electron chi connectivity index (χ1n) is 4.00. The normalized spacial score (nSPS) is 13.6. The molecule has 3 N–H and O–H groups in total. The summed E-state index contributed by atoms with van der Waals surface area (Å²) < 4.78 is 0. The van der Waals surface area contributed by atoms with Crippen LogP contribution in [0.3, 0.4) is 0 Å². The van der Waals surface area contributed by atoms with E-state index in [0.29, 0.717) is 0 Å². The summed E-state index contributed by atoms with van der Waals surface area (Å²) in [6, 6.07) is 0. The maximum atomic E-state index is 3.55. The molecule has 0 rings (SSSR count). The van der Waals surface area contributed by atoms with Crippen molar-refractivity contribution in [3.63, 3.8) is 0 Å². The first-order chi connectivity index (χ1) is 4.83. The highest BCUT2D eigenvalue weighted by atomic mass is 28.4. The summed E-state index contributed by atoms with van der Waals surface area (Å²) in [7, 11) is 2.39. The van der Waals surface area contributed by atoms with E-state index in [2.05, 4.69) is 42.3 Å². The maximum Gasteiger partial charge on any atom is 0.278 e. The third kappa shape index (κ3) is 4.52. The van der Waals surface area contributed by atoms with Gasteiger partial charge in [0.1, 0.15) is 0 Å². The smallest absolute Gasteiger partial charge is 0.278 e. The van der Waals surface area contributed by atoms with E-state index >= 15 is 0 Å². The Morgan fingerprint density at radius 3 is 1.45 bits per heavy atom. The van der Waals surface area contributed by atoms with Gasteiger partial charge >= 0.3 is 0 Å². The number of hydrogen-bond acceptors (Lipinski definition) is 3. The Morgan fingerprint density at radius 2 is 1.36 bits per heavy atom. The minimum absolute atomic E-state index is 0.174. The van der Waals surface area contributed by atoms with E-state index in [4.69, 9.17) is 0 Å². The summed E-state index contributed by atoms with van der Waals surface area (Å²) in [4.78, 5) is 10.2. The second kappa shape index (κ2) is 3.67. The lowest BCUT2D eigenvalue weighted by Gasteiger charge is -2.34. The first-order valence-corrected chi connectivity index (χ1v) is 6.50. The van der Waals surface area contributed by atoms with Crippen molar-refractivity contribution in [3.8, 4) is 0 Å². The molecule has 0 aromatic heterocycles. The van der Waals surface area contributed by atoms with E-state index in [9.17, 15) is 0 Å². The molecule has 0 unspecified atom stereocenters. The number of hydrogen-bond donors (Lipinski definition) is 3. The highest BCUT2D eigenvalue weighted by Crippen LogP contribution is 2.01. The van der Waals surface area contributed by atoms with Gasteiger partial charge in [0.2, 0.25) is 0 Å². The SMILES string of the molecule is CN[Si](C)(NC)NC(C)(C)C. The molecule has 0 saturated carbocycles. The van der Waals surface area contributed by atoms with Crippen LogP contribution in [0, 0.1) is 0 Å². The van der Waals surface area contributed by atoms with Crippen molar-refractivity contribution in [1.82, 2.24) is 14.9 Å². The molecule has 11 heavy (non-hydrogen) atoms. The van der Waals surface area contributed by atoms with Gasteiger partial charge in [-0.1, -0.05) is 0 Å². The van der Waals surface area contributed by atoms with E-state index in [1.54, 1.807) is 0 Å². The van der Waals surface area contributed by atoms with Gasteiger partial charge in [-0.05, 0) is 41.4 Å². The van der Waals surface area contributed by atoms with Crippen LogP contribution < -0.4 is 14.9 Å². The molecule has 0 aliphatic carbocycles. The standard InChI is InChI=1S/C7H21N3Si/c1-7(2,3)10-11(6,8-4)9-5/h8-10H,1-6H3. The molecule has 0 amide bonds. The van der Waals surface area contributed by atoms with Crippen molar-refractivity contribution in [3.05, 3.63) is 0 Å². The molecule has 0 heterocycles. The van der Waals surface area contributed by atoms with Crippen LogP contribution >= 0.6 is 0 Å². The van der Waals surface area contributed by atoms with Gasteiger partial charge in [0.15, 0.2) is 0 Å². The van der Waals surface area contributed by atoms with Gasteiger partial charge < -0.3 is 14.9 Å². The number of rotatable bonds is 3. The van der Waals surface area contributed by atoms with Crippen LogP contribution in [0.5, 0.6) is 0 Å². The fourth-order valence-electron chi connectivity index (χ4n) is 1.00. The van der Waals surface area contributed by atoms with Crippen molar-refractivity contribution < 1.29 is 0 Å². The molecule has 68 valence electrons. The Morgan fingerprint density at radius 1 is 1.00 bits per heavy atom. The maximum absolute atomic E-state index is 3.55. The van der Waals surface area contributed by atoms with Crippen LogP contribution in [0.25, 0.3) is 0 Å². The minimum atomic E-state index is -1.58. The zero-order chi connectivity index (χ0) is 9.12. The topological polar surface area (TPSA) is 36.1 Å². The third-order valence-electron chi connectivity index (χ3n) is 1.62. The predicted molar refractivity (Wildman–Crippen MR) is 52.6 cm³/mol. The number of nitrogens with one attached hydrogen (secondary N) is 3. The second-order valence-electron chi connectivity index (χ2n) is 4.00. The third-order valence-corrected chi connectivity index (χ3v) is 4.88. The Labute approximate surface area is 71.2 Å². The fourth-order valence-corrected chi connectivity index (χ4v) is 3.00. The highest BCUT2D eigenvalue weighted by molar-refractivity contribution is 6.71. The zero-order valence-electron chi connectivity index (χ0n) is 8.50. The van der Waals surface area contributed by atoms with Gasteiger partial charge in [-0.3, -0.25) is 0 Å². The van der Waals surface area contributed by atoms with Crippen LogP contribution in [0.1, 0.15) is 20.8 Å². The van der Waals surface area contributed by atoms with Gasteiger partial charge in [-0.15, -0.1) is 0 Å². The van der Waals surface area contributed by atoms with Crippen molar-refractivity contribution in [2.45, 2.75) is 32.9 Å². The molecule has 0 aromatic carbocycles. The Bertz CT molecular complexity index is 115. The van der Waals surface area contributed by atoms with E-state index in [1.807, 2.05) is 14.1 Å². The lowest BCUT2D eigenvalue weighted by molar-refractivity contribution is 0.500. The molecule has 0 bridgehead atoms. The lowest BCUT2D eigenvalue weighted by atomic mass is 10.1. The molecule has 0 aliphatic rings. The summed E-state index contributed by atoms with van der Waals surface area (Å²) in [5.74, 6) is 0. The van der Waals surface area contributed by atoms with Crippen molar-refractivity contribution in [2.75, 3.05) is 14.1 Å². The summed E-state index contributed by atoms with van der Waals surface area (Å²) in [5, 5.41) is 0. The fraction of sp³-hybridized carbons (Fsp3) is 1.00. The summed E-state index contributed by atoms with van der Waals surface area (Å²) >= 11 is 0. The van der Waals surface area contributed by atoms with Crippen molar-refractivity contribution in [2.24, 2.45) is 0 Å². The average molecular weight is 175 g/mol. The van der Waals surface area contributed by atoms with Gasteiger partial charge in [0, 0.05) is 5.54 Å². The second-order valence-corrected chi connectivity index (χ2v) is 7.50. The molecule has 0 spiro atoms. The molecule has 0 fully saturated rings. The van der Waals surface area contributed by atoms with Crippen LogP contribution in [0.15, 0.2) is 0 Å². The molecule has 4 heteroatoms. The summed E-state index contributed by atoms with van der Waals surface area (Å²) in [6.07, 6.45) is 0. The molecule has 0 radical (unpaired) electrons. The minimum Gasteiger partial charge on any atom is -0.316 e. The lowest BCUT2D eigenvalue weighted by Crippen LogP contribution is -2.72. The molecule has 0 saturated heterocycles. The van der Waals surface area contributed by atoms with Gasteiger partial charge in [0.25, 0.3) is 8.56 Å².